The van der Waals surface area contributed by atoms with Crippen LogP contribution in [0.15, 0.2) is 22.7 Å². The summed E-state index contributed by atoms with van der Waals surface area (Å²) in [6, 6.07) is 4.67. The lowest BCUT2D eigenvalue weighted by Crippen LogP contribution is -2.51. The molecule has 0 saturated carbocycles. The van der Waals surface area contributed by atoms with E-state index in [2.05, 4.69) is 21.2 Å². The molecule has 100 valence electrons. The van der Waals surface area contributed by atoms with Gasteiger partial charge >= 0.3 is 0 Å². The zero-order valence-corrected chi connectivity index (χ0v) is 12.4. The second-order valence-electron chi connectivity index (χ2n) is 4.24. The van der Waals surface area contributed by atoms with Crippen molar-refractivity contribution in [3.8, 4) is 0 Å². The molecule has 0 radical (unpaired) electrons. The van der Waals surface area contributed by atoms with Gasteiger partial charge in [-0.25, -0.2) is 4.39 Å². The Morgan fingerprint density at radius 1 is 1.56 bits per heavy atom. The normalized spacial score (nSPS) is 19.3. The number of rotatable bonds is 1. The highest BCUT2D eigenvalue weighted by atomic mass is 79.9. The van der Waals surface area contributed by atoms with Crippen LogP contribution in [0.1, 0.15) is 17.3 Å². The van der Waals surface area contributed by atoms with Crippen molar-refractivity contribution >= 4 is 34.2 Å². The van der Waals surface area contributed by atoms with Crippen LogP contribution in [0.2, 0.25) is 0 Å². The molecule has 1 heterocycles. The molecule has 0 bridgehead atoms. The van der Waals surface area contributed by atoms with E-state index in [1.165, 1.54) is 18.2 Å². The van der Waals surface area contributed by atoms with E-state index in [9.17, 15) is 9.18 Å². The van der Waals surface area contributed by atoms with E-state index in [4.69, 9.17) is 0 Å². The molecule has 1 N–H and O–H groups in total. The van der Waals surface area contributed by atoms with Crippen LogP contribution in [0.5, 0.6) is 0 Å². The first kappa shape index (κ1) is 15.4. The molecule has 1 saturated heterocycles. The SMILES string of the molecule is CC1CN(C(=O)c2ccc(F)c(Br)c2)CCN1.Cl. The van der Waals surface area contributed by atoms with E-state index >= 15 is 0 Å². The van der Waals surface area contributed by atoms with Crippen molar-refractivity contribution in [3.63, 3.8) is 0 Å². The van der Waals surface area contributed by atoms with Gasteiger partial charge < -0.3 is 10.2 Å². The Morgan fingerprint density at radius 3 is 2.89 bits per heavy atom. The summed E-state index contributed by atoms with van der Waals surface area (Å²) in [4.78, 5) is 14.0. The summed E-state index contributed by atoms with van der Waals surface area (Å²) in [6.45, 7) is 4.22. The Bertz CT molecular complexity index is 444. The van der Waals surface area contributed by atoms with Crippen molar-refractivity contribution < 1.29 is 9.18 Å². The Labute approximate surface area is 120 Å². The van der Waals surface area contributed by atoms with Gasteiger partial charge in [-0.15, -0.1) is 12.4 Å². The molecule has 0 aromatic heterocycles. The van der Waals surface area contributed by atoms with Crippen LogP contribution in [-0.2, 0) is 0 Å². The minimum atomic E-state index is -0.352. The van der Waals surface area contributed by atoms with E-state index in [0.717, 1.165) is 6.54 Å². The predicted molar refractivity (Wildman–Crippen MR) is 74.7 cm³/mol. The summed E-state index contributed by atoms with van der Waals surface area (Å²) in [7, 11) is 0. The minimum Gasteiger partial charge on any atom is -0.336 e. The monoisotopic (exact) mass is 336 g/mol. The summed E-state index contributed by atoms with van der Waals surface area (Å²) < 4.78 is 13.4. The maximum atomic E-state index is 13.1. The van der Waals surface area contributed by atoms with E-state index in [1.54, 1.807) is 4.90 Å². The largest absolute Gasteiger partial charge is 0.336 e. The van der Waals surface area contributed by atoms with Gasteiger partial charge in [-0.1, -0.05) is 0 Å². The molecular formula is C12H15BrClFN2O. The Hall–Kier alpha value is -0.650. The maximum absolute atomic E-state index is 13.1. The van der Waals surface area contributed by atoms with Crippen LogP contribution in [0.25, 0.3) is 0 Å². The molecule has 1 atom stereocenters. The van der Waals surface area contributed by atoms with Gasteiger partial charge in [0.2, 0.25) is 0 Å². The maximum Gasteiger partial charge on any atom is 0.253 e. The summed E-state index contributed by atoms with van der Waals surface area (Å²) in [5.74, 6) is -0.394. The molecule has 0 spiro atoms. The summed E-state index contributed by atoms with van der Waals surface area (Å²) in [5.41, 5.74) is 0.521. The highest BCUT2D eigenvalue weighted by Crippen LogP contribution is 2.18. The number of benzene rings is 1. The second kappa shape index (κ2) is 6.50. The lowest BCUT2D eigenvalue weighted by atomic mass is 10.1. The van der Waals surface area contributed by atoms with Gasteiger partial charge in [0.15, 0.2) is 0 Å². The van der Waals surface area contributed by atoms with Gasteiger partial charge in [0.05, 0.1) is 4.47 Å². The van der Waals surface area contributed by atoms with Crippen molar-refractivity contribution in [2.45, 2.75) is 13.0 Å². The minimum absolute atomic E-state index is 0. The number of piperazine rings is 1. The van der Waals surface area contributed by atoms with E-state index in [-0.39, 0.29) is 24.1 Å². The Balaban J connectivity index is 0.00000162. The number of nitrogens with one attached hydrogen (secondary N) is 1. The lowest BCUT2D eigenvalue weighted by molar-refractivity contribution is 0.0709. The standard InChI is InChI=1S/C12H14BrFN2O.ClH/c1-8-7-16(5-4-15-8)12(17)9-2-3-11(14)10(13)6-9;/h2-3,6,8,15H,4-5,7H2,1H3;1H. The zero-order chi connectivity index (χ0) is 12.4. The quantitative estimate of drug-likeness (QED) is 0.854. The molecule has 1 fully saturated rings. The molecule has 1 aromatic rings. The van der Waals surface area contributed by atoms with Crippen LogP contribution in [0.4, 0.5) is 4.39 Å². The smallest absolute Gasteiger partial charge is 0.253 e. The van der Waals surface area contributed by atoms with Gasteiger partial charge in [-0.05, 0) is 41.1 Å². The average molecular weight is 338 g/mol. The third-order valence-corrected chi connectivity index (χ3v) is 3.43. The fraction of sp³-hybridized carbons (Fsp3) is 0.417. The lowest BCUT2D eigenvalue weighted by Gasteiger charge is -2.32. The average Bonchev–Trinajstić information content (AvgIpc) is 2.32. The molecule has 1 aliphatic heterocycles. The third-order valence-electron chi connectivity index (χ3n) is 2.82. The molecule has 0 aliphatic carbocycles. The predicted octanol–water partition coefficient (Wildman–Crippen LogP) is 2.44. The molecule has 1 amide bonds. The van der Waals surface area contributed by atoms with Gasteiger partial charge in [0.25, 0.3) is 5.91 Å². The first-order valence-corrected chi connectivity index (χ1v) is 6.35. The molecule has 2 rings (SSSR count). The number of amides is 1. The van der Waals surface area contributed by atoms with E-state index in [0.29, 0.717) is 29.2 Å². The van der Waals surface area contributed by atoms with Crippen LogP contribution >= 0.6 is 28.3 Å². The van der Waals surface area contributed by atoms with E-state index in [1.807, 2.05) is 6.92 Å². The summed E-state index contributed by atoms with van der Waals surface area (Å²) in [6.07, 6.45) is 0. The highest BCUT2D eigenvalue weighted by molar-refractivity contribution is 9.10. The first-order chi connectivity index (χ1) is 8.08. The van der Waals surface area contributed by atoms with Crippen LogP contribution in [0.3, 0.4) is 0 Å². The van der Waals surface area contributed by atoms with Crippen molar-refractivity contribution in [1.82, 2.24) is 10.2 Å². The van der Waals surface area contributed by atoms with Crippen LogP contribution in [0, 0.1) is 5.82 Å². The molecule has 3 nitrogen and oxygen atoms in total. The molecular weight excluding hydrogens is 322 g/mol. The summed E-state index contributed by atoms with van der Waals surface area (Å²) in [5, 5.41) is 3.28. The fourth-order valence-corrected chi connectivity index (χ4v) is 2.31. The second-order valence-corrected chi connectivity index (χ2v) is 5.09. The fourth-order valence-electron chi connectivity index (χ4n) is 1.93. The topological polar surface area (TPSA) is 32.3 Å². The first-order valence-electron chi connectivity index (χ1n) is 5.55. The van der Waals surface area contributed by atoms with Crippen LogP contribution < -0.4 is 5.32 Å². The number of nitrogens with zero attached hydrogens (tertiary/aromatic N) is 1. The highest BCUT2D eigenvalue weighted by Gasteiger charge is 2.21. The molecule has 1 unspecified atom stereocenters. The van der Waals surface area contributed by atoms with Crippen molar-refractivity contribution in [2.24, 2.45) is 0 Å². The number of hydrogen-bond acceptors (Lipinski definition) is 2. The molecule has 1 aliphatic rings. The van der Waals surface area contributed by atoms with E-state index < -0.39 is 0 Å². The Morgan fingerprint density at radius 2 is 2.28 bits per heavy atom. The van der Waals surface area contributed by atoms with Gasteiger partial charge in [-0.2, -0.15) is 0 Å². The van der Waals surface area contributed by atoms with Crippen LogP contribution in [-0.4, -0.2) is 36.5 Å². The molecule has 6 heteroatoms. The Kier molecular flexibility index (Phi) is 5.56. The number of carbonyl (C=O) groups is 1. The van der Waals surface area contributed by atoms with Gasteiger partial charge in [-0.3, -0.25) is 4.79 Å². The number of hydrogen-bond donors (Lipinski definition) is 1. The van der Waals surface area contributed by atoms with Crippen molar-refractivity contribution in [1.29, 1.82) is 0 Å². The molecule has 1 aromatic carbocycles. The van der Waals surface area contributed by atoms with Crippen molar-refractivity contribution in [2.75, 3.05) is 19.6 Å². The number of carbonyl (C=O) groups excluding carboxylic acids is 1. The van der Waals surface area contributed by atoms with Gasteiger partial charge in [0.1, 0.15) is 5.82 Å². The van der Waals surface area contributed by atoms with Crippen molar-refractivity contribution in [3.05, 3.63) is 34.1 Å². The number of halogens is 3. The molecule has 18 heavy (non-hydrogen) atoms. The summed E-state index contributed by atoms with van der Waals surface area (Å²) >= 11 is 3.09. The zero-order valence-electron chi connectivity index (χ0n) is 9.95. The van der Waals surface area contributed by atoms with Gasteiger partial charge in [0, 0.05) is 31.2 Å². The third kappa shape index (κ3) is 3.43.